The number of carbonyl (C=O) groups is 2. The molecule has 106 valence electrons. The smallest absolute Gasteiger partial charge is 0.317 e. The van der Waals surface area contributed by atoms with E-state index in [2.05, 4.69) is 4.98 Å². The largest absolute Gasteiger partial charge is 0.480 e. The Labute approximate surface area is 115 Å². The van der Waals surface area contributed by atoms with Crippen LogP contribution < -0.4 is 0 Å². The topological polar surface area (TPSA) is 95.7 Å². The SMILES string of the molecule is Cn1c(CN(CC(=O)O)CC(=O)O)nc2ccccc21. The molecule has 1 aromatic heterocycles. The van der Waals surface area contributed by atoms with Crippen molar-refractivity contribution in [1.29, 1.82) is 0 Å². The molecule has 0 radical (unpaired) electrons. The molecule has 0 bridgehead atoms. The summed E-state index contributed by atoms with van der Waals surface area (Å²) in [5.74, 6) is -1.50. The number of carboxylic acid groups (broad SMARTS) is 2. The number of benzene rings is 1. The van der Waals surface area contributed by atoms with Crippen molar-refractivity contribution >= 4 is 23.0 Å². The summed E-state index contributed by atoms with van der Waals surface area (Å²) in [6.45, 7) is -0.505. The van der Waals surface area contributed by atoms with E-state index in [4.69, 9.17) is 10.2 Å². The Morgan fingerprint density at radius 2 is 1.80 bits per heavy atom. The van der Waals surface area contributed by atoms with Crippen LogP contribution in [0, 0.1) is 0 Å². The van der Waals surface area contributed by atoms with Crippen LogP contribution in [-0.4, -0.2) is 49.7 Å². The van der Waals surface area contributed by atoms with E-state index in [1.54, 1.807) is 0 Å². The Morgan fingerprint density at radius 1 is 1.20 bits per heavy atom. The van der Waals surface area contributed by atoms with Crippen LogP contribution >= 0.6 is 0 Å². The molecule has 0 atom stereocenters. The zero-order chi connectivity index (χ0) is 14.7. The third-order valence-electron chi connectivity index (χ3n) is 2.96. The van der Waals surface area contributed by atoms with Crippen molar-refractivity contribution in [2.75, 3.05) is 13.1 Å². The van der Waals surface area contributed by atoms with Gasteiger partial charge in [0.25, 0.3) is 0 Å². The molecule has 1 aromatic carbocycles. The average Bonchev–Trinajstić information content (AvgIpc) is 2.65. The maximum absolute atomic E-state index is 10.8. The standard InChI is InChI=1S/C13H15N3O4/c1-15-10-5-3-2-4-9(10)14-11(15)6-16(7-12(17)18)8-13(19)20/h2-5H,6-8H2,1H3,(H,17,18)(H,19,20). The number of imidazole rings is 1. The number of nitrogens with zero attached hydrogens (tertiary/aromatic N) is 3. The average molecular weight is 277 g/mol. The predicted molar refractivity (Wildman–Crippen MR) is 71.3 cm³/mol. The quantitative estimate of drug-likeness (QED) is 0.800. The monoisotopic (exact) mass is 277 g/mol. The highest BCUT2D eigenvalue weighted by Crippen LogP contribution is 2.15. The molecule has 2 rings (SSSR count). The first-order chi connectivity index (χ1) is 9.47. The van der Waals surface area contributed by atoms with Gasteiger partial charge in [-0.15, -0.1) is 0 Å². The Bertz CT molecular complexity index is 634. The fourth-order valence-electron chi connectivity index (χ4n) is 2.09. The summed E-state index contributed by atoms with van der Waals surface area (Å²) >= 11 is 0. The van der Waals surface area contributed by atoms with Crippen LogP contribution in [0.1, 0.15) is 5.82 Å². The molecule has 0 aliphatic heterocycles. The number of aromatic nitrogens is 2. The van der Waals surface area contributed by atoms with Gasteiger partial charge in [0.15, 0.2) is 0 Å². The van der Waals surface area contributed by atoms with Gasteiger partial charge in [-0.25, -0.2) is 4.98 Å². The lowest BCUT2D eigenvalue weighted by molar-refractivity contribution is -0.142. The summed E-state index contributed by atoms with van der Waals surface area (Å²) in [5.41, 5.74) is 1.73. The number of rotatable bonds is 6. The molecule has 2 aromatic rings. The highest BCUT2D eigenvalue weighted by atomic mass is 16.4. The fourth-order valence-corrected chi connectivity index (χ4v) is 2.09. The molecular formula is C13H15N3O4. The first-order valence-electron chi connectivity index (χ1n) is 6.03. The minimum Gasteiger partial charge on any atom is -0.480 e. The lowest BCUT2D eigenvalue weighted by atomic mass is 10.3. The molecule has 0 amide bonds. The van der Waals surface area contributed by atoms with Gasteiger partial charge in [0.2, 0.25) is 0 Å². The third-order valence-corrected chi connectivity index (χ3v) is 2.96. The van der Waals surface area contributed by atoms with Gasteiger partial charge in [-0.05, 0) is 12.1 Å². The zero-order valence-electron chi connectivity index (χ0n) is 11.0. The minimum absolute atomic E-state index is 0.170. The van der Waals surface area contributed by atoms with E-state index >= 15 is 0 Å². The molecule has 2 N–H and O–H groups in total. The number of para-hydroxylation sites is 2. The second kappa shape index (κ2) is 5.70. The number of hydrogen-bond acceptors (Lipinski definition) is 4. The van der Waals surface area contributed by atoms with E-state index in [0.717, 1.165) is 11.0 Å². The predicted octanol–water partition coefficient (Wildman–Crippen LogP) is 0.544. The van der Waals surface area contributed by atoms with Gasteiger partial charge in [0.1, 0.15) is 5.82 Å². The van der Waals surface area contributed by atoms with Crippen LogP contribution in [0.4, 0.5) is 0 Å². The van der Waals surface area contributed by atoms with Gasteiger partial charge in [-0.1, -0.05) is 12.1 Å². The molecular weight excluding hydrogens is 262 g/mol. The van der Waals surface area contributed by atoms with Crippen molar-refractivity contribution in [2.24, 2.45) is 7.05 Å². The molecule has 7 heteroatoms. The molecule has 0 spiro atoms. The molecule has 20 heavy (non-hydrogen) atoms. The van der Waals surface area contributed by atoms with E-state index in [1.807, 2.05) is 35.9 Å². The lowest BCUT2D eigenvalue weighted by Crippen LogP contribution is -2.34. The molecule has 0 saturated heterocycles. The van der Waals surface area contributed by atoms with E-state index in [0.29, 0.717) is 5.82 Å². The number of hydrogen-bond donors (Lipinski definition) is 2. The summed E-state index contributed by atoms with van der Waals surface area (Å²) in [4.78, 5) is 27.3. The number of aryl methyl sites for hydroxylation is 1. The Balaban J connectivity index is 2.25. The van der Waals surface area contributed by atoms with E-state index in [-0.39, 0.29) is 19.6 Å². The van der Waals surface area contributed by atoms with Gasteiger partial charge in [0, 0.05) is 7.05 Å². The number of carboxylic acids is 2. The summed E-state index contributed by atoms with van der Waals surface area (Å²) < 4.78 is 1.84. The number of aliphatic carboxylic acids is 2. The highest BCUT2D eigenvalue weighted by Gasteiger charge is 2.17. The molecule has 0 aliphatic carbocycles. The normalized spacial score (nSPS) is 11.1. The van der Waals surface area contributed by atoms with Crippen LogP contribution in [-0.2, 0) is 23.2 Å². The summed E-state index contributed by atoms with van der Waals surface area (Å²) in [5, 5.41) is 17.6. The Kier molecular flexibility index (Phi) is 3.99. The van der Waals surface area contributed by atoms with Crippen molar-refractivity contribution in [2.45, 2.75) is 6.54 Å². The van der Waals surface area contributed by atoms with E-state index in [9.17, 15) is 9.59 Å². The summed E-state index contributed by atoms with van der Waals surface area (Å²) in [6.07, 6.45) is 0. The van der Waals surface area contributed by atoms with Crippen LogP contribution in [0.2, 0.25) is 0 Å². The van der Waals surface area contributed by atoms with Crippen LogP contribution in [0.15, 0.2) is 24.3 Å². The number of fused-ring (bicyclic) bond motifs is 1. The van der Waals surface area contributed by atoms with Gasteiger partial charge in [-0.2, -0.15) is 0 Å². The lowest BCUT2D eigenvalue weighted by Gasteiger charge is -2.17. The summed E-state index contributed by atoms with van der Waals surface area (Å²) in [6, 6.07) is 7.52. The molecule has 1 heterocycles. The fraction of sp³-hybridized carbons (Fsp3) is 0.308. The van der Waals surface area contributed by atoms with Crippen LogP contribution in [0.25, 0.3) is 11.0 Å². The first kappa shape index (κ1) is 14.0. The maximum Gasteiger partial charge on any atom is 0.317 e. The molecule has 0 fully saturated rings. The molecule has 7 nitrogen and oxygen atoms in total. The zero-order valence-corrected chi connectivity index (χ0v) is 11.0. The third kappa shape index (κ3) is 3.12. The highest BCUT2D eigenvalue weighted by molar-refractivity contribution is 5.76. The Morgan fingerprint density at radius 3 is 2.35 bits per heavy atom. The van der Waals surface area contributed by atoms with Crippen LogP contribution in [0.3, 0.4) is 0 Å². The van der Waals surface area contributed by atoms with Gasteiger partial charge >= 0.3 is 11.9 Å². The first-order valence-corrected chi connectivity index (χ1v) is 6.03. The second-order valence-corrected chi connectivity index (χ2v) is 4.51. The minimum atomic E-state index is -1.06. The van der Waals surface area contributed by atoms with Crippen molar-refractivity contribution in [3.8, 4) is 0 Å². The summed E-state index contributed by atoms with van der Waals surface area (Å²) in [7, 11) is 1.82. The maximum atomic E-state index is 10.8. The van der Waals surface area contributed by atoms with E-state index in [1.165, 1.54) is 4.90 Å². The Hall–Kier alpha value is -2.41. The second-order valence-electron chi connectivity index (χ2n) is 4.51. The van der Waals surface area contributed by atoms with Gasteiger partial charge in [0.05, 0.1) is 30.7 Å². The van der Waals surface area contributed by atoms with Crippen LogP contribution in [0.5, 0.6) is 0 Å². The van der Waals surface area contributed by atoms with Crippen molar-refractivity contribution < 1.29 is 19.8 Å². The molecule has 0 aliphatic rings. The van der Waals surface area contributed by atoms with E-state index < -0.39 is 11.9 Å². The van der Waals surface area contributed by atoms with Crippen molar-refractivity contribution in [3.05, 3.63) is 30.1 Å². The van der Waals surface area contributed by atoms with Gasteiger partial charge in [-0.3, -0.25) is 14.5 Å². The van der Waals surface area contributed by atoms with Crippen molar-refractivity contribution in [1.82, 2.24) is 14.5 Å². The van der Waals surface area contributed by atoms with Gasteiger partial charge < -0.3 is 14.8 Å². The molecule has 0 saturated carbocycles. The van der Waals surface area contributed by atoms with Crippen molar-refractivity contribution in [3.63, 3.8) is 0 Å². The molecule has 0 unspecified atom stereocenters.